The van der Waals surface area contributed by atoms with Crippen molar-refractivity contribution in [3.63, 3.8) is 0 Å². The highest BCUT2D eigenvalue weighted by molar-refractivity contribution is 5.30. The van der Waals surface area contributed by atoms with Gasteiger partial charge in [-0.15, -0.1) is 0 Å². The van der Waals surface area contributed by atoms with Crippen molar-refractivity contribution in [2.45, 2.75) is 78.7 Å². The maximum absolute atomic E-state index is 3.74. The van der Waals surface area contributed by atoms with Crippen LogP contribution in [0.5, 0.6) is 0 Å². The molecule has 0 aliphatic rings. The fraction of sp³-hybridized carbons (Fsp3) is 0.700. The molecule has 2 atom stereocenters. The molecule has 0 saturated carbocycles. The Labute approximate surface area is 132 Å². The van der Waals surface area contributed by atoms with Crippen LogP contribution in [0, 0.1) is 5.92 Å². The van der Waals surface area contributed by atoms with Crippen LogP contribution in [0.1, 0.15) is 84.4 Å². The van der Waals surface area contributed by atoms with Crippen molar-refractivity contribution in [3.05, 3.63) is 35.4 Å². The molecule has 1 rings (SSSR count). The molecule has 0 bridgehead atoms. The third kappa shape index (κ3) is 5.14. The minimum absolute atomic E-state index is 0.278. The zero-order valence-electron chi connectivity index (χ0n) is 15.0. The summed E-state index contributed by atoms with van der Waals surface area (Å²) in [5.41, 5.74) is 3.17. The number of nitrogens with one attached hydrogen (secondary N) is 1. The van der Waals surface area contributed by atoms with Crippen molar-refractivity contribution in [3.8, 4) is 0 Å². The predicted molar refractivity (Wildman–Crippen MR) is 94.9 cm³/mol. The molecule has 0 heterocycles. The SMILES string of the molecule is CCCNC(c1ccc(C(C)(C)CC)cc1)C(C)CCC. The lowest BCUT2D eigenvalue weighted by molar-refractivity contribution is 0.363. The Morgan fingerprint density at radius 1 is 1.00 bits per heavy atom. The van der Waals surface area contributed by atoms with Crippen LogP contribution in [-0.4, -0.2) is 6.54 Å². The zero-order chi connectivity index (χ0) is 15.9. The van der Waals surface area contributed by atoms with Gasteiger partial charge in [0.2, 0.25) is 0 Å². The molecule has 120 valence electrons. The number of rotatable bonds is 9. The second-order valence-corrected chi connectivity index (χ2v) is 7.06. The molecule has 0 spiro atoms. The zero-order valence-corrected chi connectivity index (χ0v) is 15.0. The molecule has 1 aromatic rings. The maximum Gasteiger partial charge on any atom is 0.0346 e. The molecule has 0 radical (unpaired) electrons. The fourth-order valence-electron chi connectivity index (χ4n) is 2.92. The van der Waals surface area contributed by atoms with Gasteiger partial charge in [0.25, 0.3) is 0 Å². The fourth-order valence-corrected chi connectivity index (χ4v) is 2.92. The molecule has 1 heteroatoms. The number of benzene rings is 1. The van der Waals surface area contributed by atoms with E-state index in [2.05, 4.69) is 71.1 Å². The van der Waals surface area contributed by atoms with Gasteiger partial charge >= 0.3 is 0 Å². The minimum atomic E-state index is 0.278. The molecule has 0 saturated heterocycles. The molecule has 2 unspecified atom stereocenters. The Morgan fingerprint density at radius 3 is 2.10 bits per heavy atom. The normalized spacial score (nSPS) is 15.0. The van der Waals surface area contributed by atoms with Crippen LogP contribution in [-0.2, 0) is 5.41 Å². The molecule has 0 aliphatic carbocycles. The summed E-state index contributed by atoms with van der Waals surface area (Å²) >= 11 is 0. The van der Waals surface area contributed by atoms with E-state index in [0.717, 1.165) is 6.54 Å². The van der Waals surface area contributed by atoms with Crippen molar-refractivity contribution < 1.29 is 0 Å². The van der Waals surface area contributed by atoms with Gasteiger partial charge < -0.3 is 5.32 Å². The summed E-state index contributed by atoms with van der Waals surface area (Å²) in [6.07, 6.45) is 4.91. The van der Waals surface area contributed by atoms with E-state index in [9.17, 15) is 0 Å². The van der Waals surface area contributed by atoms with E-state index in [1.54, 1.807) is 0 Å². The number of hydrogen-bond acceptors (Lipinski definition) is 1. The molecular formula is C20H35N. The summed E-state index contributed by atoms with van der Waals surface area (Å²) in [6, 6.07) is 9.83. The lowest BCUT2D eigenvalue weighted by Crippen LogP contribution is -2.28. The van der Waals surface area contributed by atoms with E-state index in [-0.39, 0.29) is 5.41 Å². The van der Waals surface area contributed by atoms with Gasteiger partial charge in [0.15, 0.2) is 0 Å². The van der Waals surface area contributed by atoms with Gasteiger partial charge in [-0.2, -0.15) is 0 Å². The predicted octanol–water partition coefficient (Wildman–Crippen LogP) is 5.85. The largest absolute Gasteiger partial charge is 0.310 e. The summed E-state index contributed by atoms with van der Waals surface area (Å²) < 4.78 is 0. The van der Waals surface area contributed by atoms with Crippen LogP contribution in [0.25, 0.3) is 0 Å². The summed E-state index contributed by atoms with van der Waals surface area (Å²) in [5.74, 6) is 0.687. The number of hydrogen-bond donors (Lipinski definition) is 1. The van der Waals surface area contributed by atoms with Crippen molar-refractivity contribution in [1.29, 1.82) is 0 Å². The second-order valence-electron chi connectivity index (χ2n) is 7.06. The lowest BCUT2D eigenvalue weighted by Gasteiger charge is -2.28. The molecule has 1 nitrogen and oxygen atoms in total. The molecule has 0 amide bonds. The van der Waals surface area contributed by atoms with Crippen LogP contribution >= 0.6 is 0 Å². The van der Waals surface area contributed by atoms with Crippen molar-refractivity contribution >= 4 is 0 Å². The highest BCUT2D eigenvalue weighted by atomic mass is 14.9. The van der Waals surface area contributed by atoms with Crippen LogP contribution < -0.4 is 5.32 Å². The van der Waals surface area contributed by atoms with E-state index in [1.165, 1.54) is 36.8 Å². The molecule has 0 fully saturated rings. The van der Waals surface area contributed by atoms with Crippen molar-refractivity contribution in [2.75, 3.05) is 6.54 Å². The summed E-state index contributed by atoms with van der Waals surface area (Å²) in [6.45, 7) is 14.9. The highest BCUT2D eigenvalue weighted by Crippen LogP contribution is 2.30. The molecule has 1 aromatic carbocycles. The van der Waals surface area contributed by atoms with Gasteiger partial charge in [-0.3, -0.25) is 0 Å². The molecule has 1 N–H and O–H groups in total. The van der Waals surface area contributed by atoms with Crippen molar-refractivity contribution in [1.82, 2.24) is 5.32 Å². The van der Waals surface area contributed by atoms with E-state index in [0.29, 0.717) is 12.0 Å². The van der Waals surface area contributed by atoms with Crippen LogP contribution in [0.3, 0.4) is 0 Å². The third-order valence-electron chi connectivity index (χ3n) is 4.86. The average Bonchev–Trinajstić information content (AvgIpc) is 2.48. The molecule has 0 aliphatic heterocycles. The first-order valence-corrected chi connectivity index (χ1v) is 8.80. The van der Waals surface area contributed by atoms with Gasteiger partial charge in [-0.25, -0.2) is 0 Å². The Hall–Kier alpha value is -0.820. The first-order chi connectivity index (χ1) is 9.96. The van der Waals surface area contributed by atoms with Gasteiger partial charge in [0.05, 0.1) is 0 Å². The Kier molecular flexibility index (Phi) is 7.45. The van der Waals surface area contributed by atoms with Crippen LogP contribution in [0.4, 0.5) is 0 Å². The lowest BCUT2D eigenvalue weighted by atomic mass is 9.81. The summed E-state index contributed by atoms with van der Waals surface area (Å²) in [4.78, 5) is 0. The van der Waals surface area contributed by atoms with Crippen LogP contribution in [0.15, 0.2) is 24.3 Å². The highest BCUT2D eigenvalue weighted by Gasteiger charge is 2.21. The van der Waals surface area contributed by atoms with E-state index in [1.807, 2.05) is 0 Å². The van der Waals surface area contributed by atoms with E-state index >= 15 is 0 Å². The Morgan fingerprint density at radius 2 is 1.62 bits per heavy atom. The Bertz CT molecular complexity index is 391. The summed E-state index contributed by atoms with van der Waals surface area (Å²) in [5, 5.41) is 3.74. The van der Waals surface area contributed by atoms with Gasteiger partial charge in [-0.1, -0.05) is 72.2 Å². The first kappa shape index (κ1) is 18.2. The van der Waals surface area contributed by atoms with Crippen molar-refractivity contribution in [2.24, 2.45) is 5.92 Å². The Balaban J connectivity index is 2.92. The molecule has 0 aromatic heterocycles. The maximum atomic E-state index is 3.74. The third-order valence-corrected chi connectivity index (χ3v) is 4.86. The smallest absolute Gasteiger partial charge is 0.0346 e. The minimum Gasteiger partial charge on any atom is -0.310 e. The topological polar surface area (TPSA) is 12.0 Å². The van der Waals surface area contributed by atoms with Gasteiger partial charge in [0, 0.05) is 6.04 Å². The van der Waals surface area contributed by atoms with E-state index in [4.69, 9.17) is 0 Å². The monoisotopic (exact) mass is 289 g/mol. The quantitative estimate of drug-likeness (QED) is 0.601. The molecule has 21 heavy (non-hydrogen) atoms. The summed E-state index contributed by atoms with van der Waals surface area (Å²) in [7, 11) is 0. The van der Waals surface area contributed by atoms with E-state index < -0.39 is 0 Å². The van der Waals surface area contributed by atoms with Gasteiger partial charge in [-0.05, 0) is 48.3 Å². The molecular weight excluding hydrogens is 254 g/mol. The second kappa shape index (κ2) is 8.58. The van der Waals surface area contributed by atoms with Gasteiger partial charge in [0.1, 0.15) is 0 Å². The first-order valence-electron chi connectivity index (χ1n) is 8.80. The van der Waals surface area contributed by atoms with Crippen LogP contribution in [0.2, 0.25) is 0 Å². The standard InChI is InChI=1S/C20H35N/c1-7-10-16(4)19(21-15-8-2)17-11-13-18(14-12-17)20(5,6)9-3/h11-14,16,19,21H,7-10,15H2,1-6H3. The average molecular weight is 290 g/mol.